The third kappa shape index (κ3) is 3.88. The number of hydrogen-bond acceptors (Lipinski definition) is 3. The van der Waals surface area contributed by atoms with Gasteiger partial charge in [-0.3, -0.25) is 0 Å². The third-order valence-electron chi connectivity index (χ3n) is 2.24. The van der Waals surface area contributed by atoms with Crippen molar-refractivity contribution in [3.63, 3.8) is 0 Å². The molecule has 5 nitrogen and oxygen atoms in total. The van der Waals surface area contributed by atoms with Crippen LogP contribution in [0.4, 0.5) is 10.5 Å². The first-order chi connectivity index (χ1) is 7.63. The first-order valence-corrected chi connectivity index (χ1v) is 5.14. The summed E-state index contributed by atoms with van der Waals surface area (Å²) in [6.07, 6.45) is 0. The molecule has 16 heavy (non-hydrogen) atoms. The summed E-state index contributed by atoms with van der Waals surface area (Å²) in [5.41, 5.74) is 6.76. The number of amides is 2. The molecule has 0 fully saturated rings. The summed E-state index contributed by atoms with van der Waals surface area (Å²) in [7, 11) is 0. The normalized spacial score (nSPS) is 12.1. The van der Waals surface area contributed by atoms with Crippen LogP contribution in [0.3, 0.4) is 0 Å². The van der Waals surface area contributed by atoms with Gasteiger partial charge < -0.3 is 21.5 Å². The number of nitrogens with two attached hydrogens (primary N) is 1. The highest BCUT2D eigenvalue weighted by Crippen LogP contribution is 2.15. The van der Waals surface area contributed by atoms with Gasteiger partial charge in [-0.15, -0.1) is 0 Å². The second kappa shape index (κ2) is 6.09. The van der Waals surface area contributed by atoms with Gasteiger partial charge in [-0.05, 0) is 24.6 Å². The van der Waals surface area contributed by atoms with E-state index < -0.39 is 6.03 Å². The maximum Gasteiger partial charge on any atom is 0.316 e. The van der Waals surface area contributed by atoms with Crippen molar-refractivity contribution < 1.29 is 9.90 Å². The maximum absolute atomic E-state index is 10.6. The smallest absolute Gasteiger partial charge is 0.316 e. The fourth-order valence-corrected chi connectivity index (χ4v) is 1.40. The molecule has 88 valence electrons. The van der Waals surface area contributed by atoms with Crippen LogP contribution in [0.15, 0.2) is 24.3 Å². The van der Waals surface area contributed by atoms with E-state index in [1.807, 2.05) is 19.1 Å². The molecule has 1 aromatic carbocycles. The van der Waals surface area contributed by atoms with Gasteiger partial charge in [0.1, 0.15) is 0 Å². The molecule has 0 aliphatic rings. The predicted octanol–water partition coefficient (Wildman–Crippen LogP) is 0.820. The zero-order valence-electron chi connectivity index (χ0n) is 9.23. The van der Waals surface area contributed by atoms with Crippen LogP contribution in [0.1, 0.15) is 18.5 Å². The number of anilines is 1. The van der Waals surface area contributed by atoms with Gasteiger partial charge in [0.2, 0.25) is 0 Å². The number of rotatable bonds is 5. The molecule has 0 saturated carbocycles. The molecule has 1 atom stereocenters. The Labute approximate surface area is 94.7 Å². The van der Waals surface area contributed by atoms with Gasteiger partial charge in [0.15, 0.2) is 0 Å². The lowest BCUT2D eigenvalue weighted by atomic mass is 10.1. The van der Waals surface area contributed by atoms with Gasteiger partial charge in [0, 0.05) is 18.3 Å². The van der Waals surface area contributed by atoms with E-state index in [2.05, 4.69) is 10.6 Å². The van der Waals surface area contributed by atoms with E-state index in [0.717, 1.165) is 5.56 Å². The van der Waals surface area contributed by atoms with Crippen LogP contribution in [0, 0.1) is 0 Å². The van der Waals surface area contributed by atoms with E-state index in [0.29, 0.717) is 12.2 Å². The molecule has 5 N–H and O–H groups in total. The lowest BCUT2D eigenvalue weighted by molar-refractivity contribution is 0.259. The summed E-state index contributed by atoms with van der Waals surface area (Å²) in [5, 5.41) is 14.3. The van der Waals surface area contributed by atoms with Gasteiger partial charge >= 0.3 is 6.03 Å². The Morgan fingerprint density at radius 3 is 2.56 bits per heavy atom. The minimum absolute atomic E-state index is 0.117. The first kappa shape index (κ1) is 12.5. The third-order valence-corrected chi connectivity index (χ3v) is 2.24. The Balaban J connectivity index is 2.59. The number of nitrogens with one attached hydrogen (secondary N) is 2. The molecule has 1 unspecified atom stereocenters. The molecule has 0 saturated heterocycles. The van der Waals surface area contributed by atoms with Crippen LogP contribution >= 0.6 is 0 Å². The average Bonchev–Trinajstić information content (AvgIpc) is 2.26. The lowest BCUT2D eigenvalue weighted by Crippen LogP contribution is -2.22. The van der Waals surface area contributed by atoms with Crippen LogP contribution in [0.2, 0.25) is 0 Å². The van der Waals surface area contributed by atoms with Crippen LogP contribution in [-0.2, 0) is 0 Å². The molecule has 0 aromatic heterocycles. The first-order valence-electron chi connectivity index (χ1n) is 5.14. The van der Waals surface area contributed by atoms with Gasteiger partial charge in [-0.1, -0.05) is 12.1 Å². The van der Waals surface area contributed by atoms with Crippen molar-refractivity contribution in [1.29, 1.82) is 0 Å². The molecular weight excluding hydrogens is 206 g/mol. The highest BCUT2D eigenvalue weighted by atomic mass is 16.3. The number of urea groups is 1. The zero-order chi connectivity index (χ0) is 12.0. The minimum atomic E-state index is -0.570. The Hall–Kier alpha value is -1.59. The summed E-state index contributed by atoms with van der Waals surface area (Å²) >= 11 is 0. The zero-order valence-corrected chi connectivity index (χ0v) is 9.23. The highest BCUT2D eigenvalue weighted by molar-refractivity contribution is 5.87. The quantitative estimate of drug-likeness (QED) is 0.596. The van der Waals surface area contributed by atoms with E-state index >= 15 is 0 Å². The van der Waals surface area contributed by atoms with E-state index in [1.54, 1.807) is 12.1 Å². The predicted molar refractivity (Wildman–Crippen MR) is 63.2 cm³/mol. The van der Waals surface area contributed by atoms with E-state index in [1.165, 1.54) is 0 Å². The molecule has 0 bridgehead atoms. The van der Waals surface area contributed by atoms with E-state index in [4.69, 9.17) is 10.8 Å². The molecular formula is C11H17N3O2. The molecule has 1 aromatic rings. The Morgan fingerprint density at radius 1 is 1.44 bits per heavy atom. The van der Waals surface area contributed by atoms with Gasteiger partial charge in [0.25, 0.3) is 0 Å². The van der Waals surface area contributed by atoms with Gasteiger partial charge in [-0.2, -0.15) is 0 Å². The number of benzene rings is 1. The maximum atomic E-state index is 10.6. The molecule has 1 rings (SSSR count). The van der Waals surface area contributed by atoms with Crippen molar-refractivity contribution in [3.8, 4) is 0 Å². The highest BCUT2D eigenvalue weighted by Gasteiger charge is 2.04. The molecule has 0 radical (unpaired) electrons. The fraction of sp³-hybridized carbons (Fsp3) is 0.364. The number of carbonyl (C=O) groups excluding carboxylic acids is 1. The largest absolute Gasteiger partial charge is 0.395 e. The number of hydrogen-bond donors (Lipinski definition) is 4. The number of aliphatic hydroxyl groups is 1. The van der Waals surface area contributed by atoms with Crippen LogP contribution in [0.25, 0.3) is 0 Å². The minimum Gasteiger partial charge on any atom is -0.395 e. The van der Waals surface area contributed by atoms with Gasteiger partial charge in [-0.25, -0.2) is 4.79 Å². The average molecular weight is 223 g/mol. The van der Waals surface area contributed by atoms with Crippen molar-refractivity contribution in [1.82, 2.24) is 5.32 Å². The summed E-state index contributed by atoms with van der Waals surface area (Å²) < 4.78 is 0. The van der Waals surface area contributed by atoms with Crippen molar-refractivity contribution >= 4 is 11.7 Å². The van der Waals surface area contributed by atoms with Crippen molar-refractivity contribution in [3.05, 3.63) is 29.8 Å². The Morgan fingerprint density at radius 2 is 2.06 bits per heavy atom. The topological polar surface area (TPSA) is 87.4 Å². The van der Waals surface area contributed by atoms with Gasteiger partial charge in [0.05, 0.1) is 6.61 Å². The standard InChI is InChI=1S/C11H17N3O2/c1-8(13-6-7-15)9-2-4-10(5-3-9)14-11(12)16/h2-5,8,13,15H,6-7H2,1H3,(H3,12,14,16). The molecule has 0 spiro atoms. The van der Waals surface area contributed by atoms with Crippen molar-refractivity contribution in [2.75, 3.05) is 18.5 Å². The molecule has 5 heteroatoms. The molecule has 0 heterocycles. The second-order valence-electron chi connectivity index (χ2n) is 3.51. The SMILES string of the molecule is CC(NCCO)c1ccc(NC(N)=O)cc1. The van der Waals surface area contributed by atoms with E-state index in [-0.39, 0.29) is 12.6 Å². The second-order valence-corrected chi connectivity index (χ2v) is 3.51. The van der Waals surface area contributed by atoms with E-state index in [9.17, 15) is 4.79 Å². The van der Waals surface area contributed by atoms with Crippen LogP contribution < -0.4 is 16.4 Å². The van der Waals surface area contributed by atoms with Crippen LogP contribution in [-0.4, -0.2) is 24.3 Å². The molecule has 0 aliphatic carbocycles. The molecule has 2 amide bonds. The summed E-state index contributed by atoms with van der Waals surface area (Å²) in [6.45, 7) is 2.68. The summed E-state index contributed by atoms with van der Waals surface area (Å²) in [6, 6.07) is 6.98. The number of carbonyl (C=O) groups is 1. The lowest BCUT2D eigenvalue weighted by Gasteiger charge is -2.13. The monoisotopic (exact) mass is 223 g/mol. The fourth-order valence-electron chi connectivity index (χ4n) is 1.40. The van der Waals surface area contributed by atoms with Crippen LogP contribution in [0.5, 0.6) is 0 Å². The Kier molecular flexibility index (Phi) is 4.75. The number of aliphatic hydroxyl groups excluding tert-OH is 1. The van der Waals surface area contributed by atoms with Crippen molar-refractivity contribution in [2.45, 2.75) is 13.0 Å². The Bertz CT molecular complexity index is 338. The van der Waals surface area contributed by atoms with Crippen molar-refractivity contribution in [2.24, 2.45) is 5.73 Å². The number of primary amides is 1. The summed E-state index contributed by atoms with van der Waals surface area (Å²) in [4.78, 5) is 10.6. The molecule has 0 aliphatic heterocycles. The summed E-state index contributed by atoms with van der Waals surface area (Å²) in [5.74, 6) is 0.